The van der Waals surface area contributed by atoms with Crippen LogP contribution in [-0.4, -0.2) is 41.7 Å². The highest BCUT2D eigenvalue weighted by Gasteiger charge is 2.65. The molecule has 1 aromatic carbocycles. The van der Waals surface area contributed by atoms with Crippen molar-refractivity contribution < 1.29 is 14.3 Å². The van der Waals surface area contributed by atoms with Crippen LogP contribution in [0.2, 0.25) is 0 Å². The van der Waals surface area contributed by atoms with Crippen LogP contribution in [0.25, 0.3) is 0 Å². The maximum absolute atomic E-state index is 14.1. The van der Waals surface area contributed by atoms with Crippen molar-refractivity contribution in [3.63, 3.8) is 0 Å². The molecule has 2 N–H and O–H groups in total. The number of amides is 2. The van der Waals surface area contributed by atoms with Gasteiger partial charge in [-0.2, -0.15) is 11.8 Å². The monoisotopic (exact) mass is 512 g/mol. The van der Waals surface area contributed by atoms with Gasteiger partial charge in [-0.1, -0.05) is 30.3 Å². The standard InChI is InChI=1S/C30H44N2O3S/c1-27(2,3)35-26(34)32-24-12-10-23(11-13-24)31-25(33)30-16-21-14-28(18-30,20-36-4)17-29(15-21,19-30)22-8-6-5-7-9-22/h5-9,21,23-24H,10-20H2,1-4H3,(H,31,33)(H,32,34). The number of carbonyl (C=O) groups excluding carboxylic acids is 2. The van der Waals surface area contributed by atoms with Crippen LogP contribution in [0.5, 0.6) is 0 Å². The first-order chi connectivity index (χ1) is 17.0. The largest absolute Gasteiger partial charge is 0.444 e. The van der Waals surface area contributed by atoms with Gasteiger partial charge in [0.1, 0.15) is 5.60 Å². The number of hydrogen-bond donors (Lipinski definition) is 2. The van der Waals surface area contributed by atoms with E-state index in [-0.39, 0.29) is 34.4 Å². The average molecular weight is 513 g/mol. The molecule has 4 bridgehead atoms. The molecule has 0 spiro atoms. The summed E-state index contributed by atoms with van der Waals surface area (Å²) in [5.74, 6) is 2.11. The van der Waals surface area contributed by atoms with E-state index in [4.69, 9.17) is 4.74 Å². The van der Waals surface area contributed by atoms with Crippen molar-refractivity contribution >= 4 is 23.8 Å². The number of carbonyl (C=O) groups is 2. The van der Waals surface area contributed by atoms with Crippen molar-refractivity contribution in [2.45, 2.75) is 108 Å². The third-order valence-electron chi connectivity index (χ3n) is 9.29. The lowest BCUT2D eigenvalue weighted by Gasteiger charge is -2.66. The summed E-state index contributed by atoms with van der Waals surface area (Å²) in [6.07, 6.45) is 12.3. The molecule has 0 saturated heterocycles. The lowest BCUT2D eigenvalue weighted by Crippen LogP contribution is -2.64. The van der Waals surface area contributed by atoms with Crippen molar-refractivity contribution in [1.29, 1.82) is 0 Å². The molecule has 5 aliphatic rings. The number of thioether (sulfide) groups is 1. The first-order valence-electron chi connectivity index (χ1n) is 13.9. The Morgan fingerprint density at radius 1 is 0.944 bits per heavy atom. The normalized spacial score (nSPS) is 37.4. The third-order valence-corrected chi connectivity index (χ3v) is 10.2. The molecule has 0 aliphatic heterocycles. The second-order valence-electron chi connectivity index (χ2n) is 13.5. The Morgan fingerprint density at radius 3 is 2.25 bits per heavy atom. The van der Waals surface area contributed by atoms with Gasteiger partial charge in [0.25, 0.3) is 0 Å². The number of rotatable bonds is 6. The predicted molar refractivity (Wildman–Crippen MR) is 146 cm³/mol. The fourth-order valence-corrected chi connectivity index (χ4v) is 9.60. The van der Waals surface area contributed by atoms with Gasteiger partial charge >= 0.3 is 6.09 Å². The van der Waals surface area contributed by atoms with Crippen LogP contribution in [-0.2, 0) is 14.9 Å². The fourth-order valence-electron chi connectivity index (χ4n) is 8.67. The van der Waals surface area contributed by atoms with E-state index in [2.05, 4.69) is 47.2 Å². The molecule has 5 aliphatic carbocycles. The molecule has 0 radical (unpaired) electrons. The number of nitrogens with one attached hydrogen (secondary N) is 2. The molecule has 4 unspecified atom stereocenters. The number of benzene rings is 1. The topological polar surface area (TPSA) is 67.4 Å². The van der Waals surface area contributed by atoms with Crippen molar-refractivity contribution in [2.75, 3.05) is 12.0 Å². The Balaban J connectivity index is 1.26. The van der Waals surface area contributed by atoms with E-state index in [0.717, 1.165) is 50.7 Å². The van der Waals surface area contributed by atoms with E-state index in [1.807, 2.05) is 32.5 Å². The highest BCUT2D eigenvalue weighted by molar-refractivity contribution is 7.98. The summed E-state index contributed by atoms with van der Waals surface area (Å²) in [4.78, 5) is 26.3. The number of ether oxygens (including phenoxy) is 1. The molecule has 5 nitrogen and oxygen atoms in total. The van der Waals surface area contributed by atoms with Gasteiger partial charge in [-0.05, 0) is 119 Å². The maximum Gasteiger partial charge on any atom is 0.407 e. The van der Waals surface area contributed by atoms with Gasteiger partial charge < -0.3 is 15.4 Å². The molecule has 2 amide bonds. The minimum Gasteiger partial charge on any atom is -0.444 e. The van der Waals surface area contributed by atoms with Gasteiger partial charge in [0.15, 0.2) is 0 Å². The van der Waals surface area contributed by atoms with Gasteiger partial charge in [-0.3, -0.25) is 4.79 Å². The lowest BCUT2D eigenvalue weighted by molar-refractivity contribution is -0.160. The van der Waals surface area contributed by atoms with Crippen LogP contribution in [0, 0.1) is 16.7 Å². The lowest BCUT2D eigenvalue weighted by atomic mass is 9.38. The number of hydrogen-bond acceptors (Lipinski definition) is 4. The third kappa shape index (κ3) is 5.16. The summed E-state index contributed by atoms with van der Waals surface area (Å²) in [7, 11) is 0. The molecular weight excluding hydrogens is 468 g/mol. The zero-order valence-electron chi connectivity index (χ0n) is 22.5. The minimum atomic E-state index is -0.488. The van der Waals surface area contributed by atoms with Crippen molar-refractivity contribution in [1.82, 2.24) is 10.6 Å². The average Bonchev–Trinajstić information content (AvgIpc) is 2.79. The summed E-state index contributed by atoms with van der Waals surface area (Å²) in [6.45, 7) is 5.65. The van der Waals surface area contributed by atoms with Crippen molar-refractivity contribution in [2.24, 2.45) is 16.7 Å². The molecule has 5 fully saturated rings. The Kier molecular flexibility index (Phi) is 6.89. The summed E-state index contributed by atoms with van der Waals surface area (Å²) < 4.78 is 5.42. The molecule has 1 aromatic rings. The van der Waals surface area contributed by atoms with E-state index < -0.39 is 5.60 Å². The molecule has 198 valence electrons. The number of alkyl carbamates (subject to hydrolysis) is 1. The Hall–Kier alpha value is -1.69. The van der Waals surface area contributed by atoms with Crippen LogP contribution in [0.1, 0.15) is 90.5 Å². The molecule has 6 rings (SSSR count). The van der Waals surface area contributed by atoms with E-state index >= 15 is 0 Å². The van der Waals surface area contributed by atoms with E-state index in [9.17, 15) is 9.59 Å². The van der Waals surface area contributed by atoms with Crippen LogP contribution in [0.4, 0.5) is 4.79 Å². The highest BCUT2D eigenvalue weighted by atomic mass is 32.2. The van der Waals surface area contributed by atoms with Crippen molar-refractivity contribution in [3.8, 4) is 0 Å². The fraction of sp³-hybridized carbons (Fsp3) is 0.733. The molecule has 0 heterocycles. The van der Waals surface area contributed by atoms with E-state index in [1.165, 1.54) is 24.8 Å². The molecule has 0 aromatic heterocycles. The maximum atomic E-state index is 14.1. The Labute approximate surface area is 221 Å². The zero-order chi connectivity index (χ0) is 25.6. The smallest absolute Gasteiger partial charge is 0.407 e. The quantitative estimate of drug-likeness (QED) is 0.476. The predicted octanol–water partition coefficient (Wildman–Crippen LogP) is 6.21. The van der Waals surface area contributed by atoms with Crippen LogP contribution in [0.3, 0.4) is 0 Å². The van der Waals surface area contributed by atoms with Gasteiger partial charge in [0.05, 0.1) is 5.41 Å². The summed E-state index contributed by atoms with van der Waals surface area (Å²) in [5.41, 5.74) is 1.14. The Bertz CT molecular complexity index is 970. The first kappa shape index (κ1) is 25.9. The Morgan fingerprint density at radius 2 is 1.61 bits per heavy atom. The van der Waals surface area contributed by atoms with Crippen molar-refractivity contribution in [3.05, 3.63) is 35.9 Å². The van der Waals surface area contributed by atoms with Gasteiger partial charge in [-0.25, -0.2) is 4.79 Å². The minimum absolute atomic E-state index is 0.124. The van der Waals surface area contributed by atoms with Gasteiger partial charge in [0, 0.05) is 12.1 Å². The summed E-state index contributed by atoms with van der Waals surface area (Å²) in [6, 6.07) is 11.4. The van der Waals surface area contributed by atoms with Gasteiger partial charge in [-0.15, -0.1) is 0 Å². The first-order valence-corrected chi connectivity index (χ1v) is 15.3. The zero-order valence-corrected chi connectivity index (χ0v) is 23.3. The van der Waals surface area contributed by atoms with E-state index in [1.54, 1.807) is 0 Å². The second kappa shape index (κ2) is 9.56. The van der Waals surface area contributed by atoms with Crippen LogP contribution >= 0.6 is 11.8 Å². The van der Waals surface area contributed by atoms with Crippen LogP contribution < -0.4 is 10.6 Å². The summed E-state index contributed by atoms with van der Waals surface area (Å²) in [5, 5.41) is 6.55. The highest BCUT2D eigenvalue weighted by Crippen LogP contribution is 2.70. The molecule has 6 heteroatoms. The summed E-state index contributed by atoms with van der Waals surface area (Å²) >= 11 is 1.96. The van der Waals surface area contributed by atoms with E-state index in [0.29, 0.717) is 11.8 Å². The van der Waals surface area contributed by atoms with Crippen LogP contribution in [0.15, 0.2) is 30.3 Å². The molecular formula is C30H44N2O3S. The molecule has 5 saturated carbocycles. The van der Waals surface area contributed by atoms with Gasteiger partial charge in [0.2, 0.25) is 5.91 Å². The molecule has 36 heavy (non-hydrogen) atoms. The molecule has 4 atom stereocenters. The SMILES string of the molecule is CSCC12CC3CC(C(=O)NC4CCC(NC(=O)OC(C)(C)C)CC4)(C1)CC(c1ccccc1)(C3)C2. The second-order valence-corrected chi connectivity index (χ2v) is 14.4.